The number of carbonyl (C=O) groups excluding carboxylic acids is 3. The number of imide groups is 1. The third-order valence-electron chi connectivity index (χ3n) is 5.32. The first kappa shape index (κ1) is 23.6. The summed E-state index contributed by atoms with van der Waals surface area (Å²) in [4.78, 5) is 43.0. The first-order chi connectivity index (χ1) is 16.4. The van der Waals surface area contributed by atoms with Crippen LogP contribution in [0.5, 0.6) is 11.5 Å². The molecule has 10 heteroatoms. The monoisotopic (exact) mass is 499 g/mol. The molecule has 0 bridgehead atoms. The number of halogens is 1. The highest BCUT2D eigenvalue weighted by molar-refractivity contribution is 7.09. The maximum Gasteiger partial charge on any atom is 0.332 e. The molecule has 1 N–H and O–H groups in total. The van der Waals surface area contributed by atoms with Crippen molar-refractivity contribution in [1.82, 2.24) is 4.90 Å². The Morgan fingerprint density at radius 1 is 1.06 bits per heavy atom. The fourth-order valence-corrected chi connectivity index (χ4v) is 4.51. The molecular weight excluding hydrogens is 478 g/mol. The Bertz CT molecular complexity index is 1180. The van der Waals surface area contributed by atoms with Gasteiger partial charge >= 0.3 is 6.03 Å². The van der Waals surface area contributed by atoms with E-state index in [1.54, 1.807) is 42.5 Å². The highest BCUT2D eigenvalue weighted by atomic mass is 35.5. The van der Waals surface area contributed by atoms with Gasteiger partial charge in [-0.25, -0.2) is 9.69 Å². The second-order valence-electron chi connectivity index (χ2n) is 7.51. The average molecular weight is 500 g/mol. The average Bonchev–Trinajstić information content (AvgIpc) is 3.42. The predicted molar refractivity (Wildman–Crippen MR) is 131 cm³/mol. The van der Waals surface area contributed by atoms with E-state index in [-0.39, 0.29) is 13.0 Å². The molecule has 1 fully saturated rings. The topological polar surface area (TPSA) is 88.2 Å². The molecule has 0 radical (unpaired) electrons. The summed E-state index contributed by atoms with van der Waals surface area (Å²) in [6.45, 7) is 0.220. The van der Waals surface area contributed by atoms with Crippen molar-refractivity contribution in [2.75, 3.05) is 24.4 Å². The smallest absolute Gasteiger partial charge is 0.332 e. The molecule has 176 valence electrons. The van der Waals surface area contributed by atoms with Gasteiger partial charge in [0.15, 0.2) is 0 Å². The van der Waals surface area contributed by atoms with Crippen LogP contribution in [0.15, 0.2) is 60.0 Å². The molecule has 4 amide bonds. The van der Waals surface area contributed by atoms with E-state index >= 15 is 0 Å². The van der Waals surface area contributed by atoms with Crippen LogP contribution in [0, 0.1) is 0 Å². The number of urea groups is 1. The van der Waals surface area contributed by atoms with Gasteiger partial charge < -0.3 is 19.7 Å². The van der Waals surface area contributed by atoms with Gasteiger partial charge in [0, 0.05) is 33.8 Å². The van der Waals surface area contributed by atoms with E-state index in [2.05, 4.69) is 5.32 Å². The lowest BCUT2D eigenvalue weighted by Gasteiger charge is -2.21. The van der Waals surface area contributed by atoms with E-state index < -0.39 is 23.9 Å². The number of hydrogen-bond donors (Lipinski definition) is 1. The summed E-state index contributed by atoms with van der Waals surface area (Å²) in [7, 11) is 3.02. The van der Waals surface area contributed by atoms with Crippen molar-refractivity contribution >= 4 is 52.2 Å². The number of benzene rings is 2. The van der Waals surface area contributed by atoms with E-state index in [1.807, 2.05) is 17.5 Å². The zero-order valence-corrected chi connectivity index (χ0v) is 20.1. The maximum atomic E-state index is 13.3. The molecule has 0 aliphatic carbocycles. The zero-order chi connectivity index (χ0) is 24.2. The van der Waals surface area contributed by atoms with Gasteiger partial charge in [-0.2, -0.15) is 0 Å². The lowest BCUT2D eigenvalue weighted by atomic mass is 10.1. The van der Waals surface area contributed by atoms with Crippen molar-refractivity contribution in [1.29, 1.82) is 0 Å². The molecule has 0 unspecified atom stereocenters. The number of anilines is 2. The van der Waals surface area contributed by atoms with Crippen molar-refractivity contribution in [3.63, 3.8) is 0 Å². The van der Waals surface area contributed by atoms with Crippen LogP contribution in [0.3, 0.4) is 0 Å². The summed E-state index contributed by atoms with van der Waals surface area (Å²) in [6.07, 6.45) is -0.209. The number of carbonyl (C=O) groups is 3. The molecule has 1 atom stereocenters. The Labute approximate surface area is 205 Å². The van der Waals surface area contributed by atoms with Crippen LogP contribution in [0.25, 0.3) is 0 Å². The van der Waals surface area contributed by atoms with Crippen LogP contribution in [-0.4, -0.2) is 43.0 Å². The van der Waals surface area contributed by atoms with Crippen LogP contribution >= 0.6 is 22.9 Å². The second-order valence-corrected chi connectivity index (χ2v) is 8.98. The van der Waals surface area contributed by atoms with E-state index in [1.165, 1.54) is 30.5 Å². The third-order valence-corrected chi connectivity index (χ3v) is 6.44. The largest absolute Gasteiger partial charge is 0.497 e. The number of rotatable bonds is 8. The van der Waals surface area contributed by atoms with Crippen LogP contribution in [0.2, 0.25) is 5.02 Å². The Morgan fingerprint density at radius 2 is 1.74 bits per heavy atom. The fraction of sp³-hybridized carbons (Fsp3) is 0.208. The number of hydrogen-bond acceptors (Lipinski definition) is 6. The Kier molecular flexibility index (Phi) is 7.04. The number of thiophene rings is 1. The third kappa shape index (κ3) is 5.00. The number of methoxy groups -OCH3 is 2. The maximum absolute atomic E-state index is 13.3. The second kappa shape index (κ2) is 10.1. The number of ether oxygens (including phenoxy) is 2. The van der Waals surface area contributed by atoms with Crippen molar-refractivity contribution in [3.8, 4) is 11.5 Å². The lowest BCUT2D eigenvalue weighted by molar-refractivity contribution is -0.124. The molecule has 8 nitrogen and oxygen atoms in total. The van der Waals surface area contributed by atoms with Crippen molar-refractivity contribution in [3.05, 3.63) is 69.9 Å². The van der Waals surface area contributed by atoms with Gasteiger partial charge in [0.25, 0.3) is 5.91 Å². The van der Waals surface area contributed by atoms with Gasteiger partial charge in [-0.15, -0.1) is 11.3 Å². The van der Waals surface area contributed by atoms with Crippen LogP contribution in [0.1, 0.15) is 11.3 Å². The highest BCUT2D eigenvalue weighted by Crippen LogP contribution is 2.31. The molecule has 3 aromatic rings. The normalized spacial score (nSPS) is 15.6. The Balaban J connectivity index is 1.58. The van der Waals surface area contributed by atoms with Gasteiger partial charge in [0.05, 0.1) is 32.9 Å². The molecule has 1 aliphatic heterocycles. The van der Waals surface area contributed by atoms with E-state index in [4.69, 9.17) is 21.1 Å². The Morgan fingerprint density at radius 3 is 2.32 bits per heavy atom. The molecule has 1 aromatic heterocycles. The number of nitrogens with zero attached hydrogens (tertiary/aromatic N) is 2. The standard InChI is InChI=1S/C24H22ClN3O5S/c1-32-18-10-16(11-19(12-18)33-2)26-22(29)13-21-23(30)28(17-7-5-15(25)6-8-17)24(31)27(21)14-20-4-3-9-34-20/h3-12,21H,13-14H2,1-2H3,(H,26,29)/t21-/m1/s1. The zero-order valence-electron chi connectivity index (χ0n) is 18.5. The van der Waals surface area contributed by atoms with Gasteiger partial charge in [0.1, 0.15) is 17.5 Å². The molecule has 0 spiro atoms. The molecule has 2 aromatic carbocycles. The highest BCUT2D eigenvalue weighted by Gasteiger charge is 2.46. The minimum atomic E-state index is -0.960. The minimum Gasteiger partial charge on any atom is -0.497 e. The van der Waals surface area contributed by atoms with Gasteiger partial charge in [-0.1, -0.05) is 17.7 Å². The molecule has 2 heterocycles. The molecule has 1 saturated heterocycles. The summed E-state index contributed by atoms with van der Waals surface area (Å²) in [6, 6.07) is 13.7. The molecule has 4 rings (SSSR count). The summed E-state index contributed by atoms with van der Waals surface area (Å²) in [5.74, 6) is 0.128. The number of amides is 4. The van der Waals surface area contributed by atoms with E-state index in [9.17, 15) is 14.4 Å². The molecular formula is C24H22ClN3O5S. The molecule has 1 aliphatic rings. The van der Waals surface area contributed by atoms with Crippen molar-refractivity contribution < 1.29 is 23.9 Å². The van der Waals surface area contributed by atoms with Gasteiger partial charge in [-0.3, -0.25) is 9.59 Å². The van der Waals surface area contributed by atoms with Crippen molar-refractivity contribution in [2.24, 2.45) is 0 Å². The van der Waals surface area contributed by atoms with Crippen LogP contribution < -0.4 is 19.7 Å². The summed E-state index contributed by atoms with van der Waals surface area (Å²) < 4.78 is 10.5. The SMILES string of the molecule is COc1cc(NC(=O)C[C@@H]2C(=O)N(c3ccc(Cl)cc3)C(=O)N2Cc2cccs2)cc(OC)c1. The lowest BCUT2D eigenvalue weighted by Crippen LogP contribution is -2.37. The van der Waals surface area contributed by atoms with Gasteiger partial charge in [-0.05, 0) is 35.7 Å². The molecule has 34 heavy (non-hydrogen) atoms. The Hall–Kier alpha value is -3.56. The van der Waals surface area contributed by atoms with E-state index in [0.29, 0.717) is 27.9 Å². The van der Waals surface area contributed by atoms with Crippen LogP contribution in [0.4, 0.5) is 16.2 Å². The first-order valence-corrected chi connectivity index (χ1v) is 11.6. The van der Waals surface area contributed by atoms with Crippen molar-refractivity contribution in [2.45, 2.75) is 19.0 Å². The van der Waals surface area contributed by atoms with Crippen LogP contribution in [-0.2, 0) is 16.1 Å². The number of nitrogens with one attached hydrogen (secondary N) is 1. The summed E-state index contributed by atoms with van der Waals surface area (Å²) in [5, 5.41) is 5.16. The molecule has 0 saturated carbocycles. The van der Waals surface area contributed by atoms with E-state index in [0.717, 1.165) is 9.78 Å². The minimum absolute atomic E-state index is 0.209. The fourth-order valence-electron chi connectivity index (χ4n) is 3.68. The predicted octanol–water partition coefficient (Wildman–Crippen LogP) is 4.78. The first-order valence-electron chi connectivity index (χ1n) is 10.3. The summed E-state index contributed by atoms with van der Waals surface area (Å²) >= 11 is 7.44. The van der Waals surface area contributed by atoms with Gasteiger partial charge in [0.2, 0.25) is 5.91 Å². The summed E-state index contributed by atoms with van der Waals surface area (Å²) in [5.41, 5.74) is 0.855. The quantitative estimate of drug-likeness (QED) is 0.450.